The van der Waals surface area contributed by atoms with Gasteiger partial charge in [0.15, 0.2) is 0 Å². The normalized spacial score (nSPS) is 12.6. The van der Waals surface area contributed by atoms with Gasteiger partial charge in [-0.2, -0.15) is 0 Å². The summed E-state index contributed by atoms with van der Waals surface area (Å²) in [5.74, 6) is 0.837. The third-order valence-electron chi connectivity index (χ3n) is 3.26. The van der Waals surface area contributed by atoms with E-state index in [0.29, 0.717) is 22.3 Å². The van der Waals surface area contributed by atoms with Crippen molar-refractivity contribution >= 4 is 23.2 Å². The van der Waals surface area contributed by atoms with Gasteiger partial charge in [-0.1, -0.05) is 32.4 Å². The van der Waals surface area contributed by atoms with Crippen LogP contribution < -0.4 is 15.8 Å². The fraction of sp³-hybridized carbons (Fsp3) is 0.294. The Bertz CT molecular complexity index is 664. The van der Waals surface area contributed by atoms with Crippen molar-refractivity contribution in [3.05, 3.63) is 47.6 Å². The van der Waals surface area contributed by atoms with Crippen LogP contribution in [0.5, 0.6) is 11.6 Å². The Labute approximate surface area is 140 Å². The van der Waals surface area contributed by atoms with Crippen molar-refractivity contribution in [2.24, 2.45) is 11.1 Å². The zero-order valence-electron chi connectivity index (χ0n) is 13.3. The smallest absolute Gasteiger partial charge is 0.241 e. The average Bonchev–Trinajstić information content (AvgIpc) is 2.50. The number of aromatic nitrogens is 1. The van der Waals surface area contributed by atoms with Crippen molar-refractivity contribution in [3.8, 4) is 11.6 Å². The molecule has 122 valence electrons. The fourth-order valence-electron chi connectivity index (χ4n) is 1.76. The number of carbonyl (C=O) groups excluding carboxylic acids is 1. The SMILES string of the molecule is CC(C)(C)[C@H](N)C(=O)Nc1ccc(Oc2ccc(Cl)cn2)cc1. The highest BCUT2D eigenvalue weighted by atomic mass is 35.5. The van der Waals surface area contributed by atoms with Gasteiger partial charge in [-0.3, -0.25) is 4.79 Å². The lowest BCUT2D eigenvalue weighted by molar-refractivity contribution is -0.119. The minimum absolute atomic E-state index is 0.217. The first-order chi connectivity index (χ1) is 10.8. The Morgan fingerprint density at radius 2 is 1.87 bits per heavy atom. The number of amides is 1. The number of nitrogens with one attached hydrogen (secondary N) is 1. The van der Waals surface area contributed by atoms with Gasteiger partial charge in [0.05, 0.1) is 11.1 Å². The average molecular weight is 334 g/mol. The van der Waals surface area contributed by atoms with Crippen LogP contribution in [0.1, 0.15) is 20.8 Å². The molecule has 0 radical (unpaired) electrons. The maximum absolute atomic E-state index is 12.1. The molecule has 1 heterocycles. The summed E-state index contributed by atoms with van der Waals surface area (Å²) in [6.07, 6.45) is 1.51. The molecule has 0 bridgehead atoms. The number of benzene rings is 1. The quantitative estimate of drug-likeness (QED) is 0.891. The Morgan fingerprint density at radius 1 is 1.22 bits per heavy atom. The van der Waals surface area contributed by atoms with Gasteiger partial charge >= 0.3 is 0 Å². The van der Waals surface area contributed by atoms with Crippen molar-refractivity contribution < 1.29 is 9.53 Å². The van der Waals surface area contributed by atoms with Crippen LogP contribution in [-0.2, 0) is 4.79 Å². The van der Waals surface area contributed by atoms with Gasteiger partial charge in [0.25, 0.3) is 0 Å². The second kappa shape index (κ2) is 6.98. The maximum atomic E-state index is 12.1. The van der Waals surface area contributed by atoms with E-state index in [-0.39, 0.29) is 11.3 Å². The molecular formula is C17H20ClN3O2. The van der Waals surface area contributed by atoms with E-state index in [1.807, 2.05) is 20.8 Å². The summed E-state index contributed by atoms with van der Waals surface area (Å²) in [5, 5.41) is 3.34. The molecule has 1 amide bonds. The van der Waals surface area contributed by atoms with E-state index in [4.69, 9.17) is 22.1 Å². The molecule has 5 nitrogen and oxygen atoms in total. The number of anilines is 1. The van der Waals surface area contributed by atoms with E-state index >= 15 is 0 Å². The minimum Gasteiger partial charge on any atom is -0.439 e. The number of carbonyl (C=O) groups is 1. The molecule has 1 atom stereocenters. The summed E-state index contributed by atoms with van der Waals surface area (Å²) in [6.45, 7) is 5.77. The topological polar surface area (TPSA) is 77.2 Å². The maximum Gasteiger partial charge on any atom is 0.241 e. The van der Waals surface area contributed by atoms with Crippen molar-refractivity contribution in [2.75, 3.05) is 5.32 Å². The van der Waals surface area contributed by atoms with E-state index < -0.39 is 6.04 Å². The Kier molecular flexibility index (Phi) is 5.23. The first-order valence-corrected chi connectivity index (χ1v) is 7.59. The predicted octanol–water partition coefficient (Wildman–Crippen LogP) is 3.84. The van der Waals surface area contributed by atoms with Gasteiger partial charge in [0.2, 0.25) is 11.8 Å². The van der Waals surface area contributed by atoms with E-state index in [9.17, 15) is 4.79 Å². The molecule has 0 aliphatic carbocycles. The van der Waals surface area contributed by atoms with Crippen molar-refractivity contribution in [1.82, 2.24) is 4.98 Å². The highest BCUT2D eigenvalue weighted by molar-refractivity contribution is 6.30. The van der Waals surface area contributed by atoms with Crippen LogP contribution in [0.15, 0.2) is 42.6 Å². The van der Waals surface area contributed by atoms with Crippen LogP contribution in [0.25, 0.3) is 0 Å². The molecule has 0 saturated heterocycles. The highest BCUT2D eigenvalue weighted by Gasteiger charge is 2.27. The number of rotatable bonds is 4. The van der Waals surface area contributed by atoms with Gasteiger partial charge in [-0.25, -0.2) is 4.98 Å². The van der Waals surface area contributed by atoms with Gasteiger partial charge in [0, 0.05) is 18.0 Å². The molecule has 0 unspecified atom stereocenters. The summed E-state index contributed by atoms with van der Waals surface area (Å²) >= 11 is 5.77. The van der Waals surface area contributed by atoms with Gasteiger partial charge in [0.1, 0.15) is 5.75 Å². The standard InChI is InChI=1S/C17H20ClN3O2/c1-17(2,3)15(19)16(22)21-12-5-7-13(8-6-12)23-14-9-4-11(18)10-20-14/h4-10,15H,19H2,1-3H3,(H,21,22)/t15-/m1/s1. The molecule has 1 aromatic heterocycles. The molecule has 2 rings (SSSR count). The Morgan fingerprint density at radius 3 is 2.39 bits per heavy atom. The van der Waals surface area contributed by atoms with Crippen LogP contribution in [0, 0.1) is 5.41 Å². The first kappa shape index (κ1) is 17.2. The third-order valence-corrected chi connectivity index (χ3v) is 3.48. The molecule has 0 aliphatic heterocycles. The van der Waals surface area contributed by atoms with E-state index in [2.05, 4.69) is 10.3 Å². The van der Waals surface area contributed by atoms with Crippen molar-refractivity contribution in [3.63, 3.8) is 0 Å². The second-order valence-electron chi connectivity index (χ2n) is 6.27. The number of ether oxygens (including phenoxy) is 1. The minimum atomic E-state index is -0.586. The molecular weight excluding hydrogens is 314 g/mol. The lowest BCUT2D eigenvalue weighted by Gasteiger charge is -2.25. The summed E-state index contributed by atoms with van der Waals surface area (Å²) in [4.78, 5) is 16.1. The van der Waals surface area contributed by atoms with Crippen LogP contribution >= 0.6 is 11.6 Å². The van der Waals surface area contributed by atoms with E-state index in [1.165, 1.54) is 6.20 Å². The summed E-state index contributed by atoms with van der Waals surface area (Å²) in [6, 6.07) is 9.78. The van der Waals surface area contributed by atoms with E-state index in [0.717, 1.165) is 0 Å². The number of halogens is 1. The van der Waals surface area contributed by atoms with Crippen LogP contribution in [-0.4, -0.2) is 16.9 Å². The van der Waals surface area contributed by atoms with Crippen LogP contribution in [0.4, 0.5) is 5.69 Å². The van der Waals surface area contributed by atoms with Gasteiger partial charge in [-0.15, -0.1) is 0 Å². The zero-order chi connectivity index (χ0) is 17.0. The molecule has 1 aromatic carbocycles. The molecule has 0 spiro atoms. The third kappa shape index (κ3) is 4.94. The lowest BCUT2D eigenvalue weighted by atomic mass is 9.87. The lowest BCUT2D eigenvalue weighted by Crippen LogP contribution is -2.45. The van der Waals surface area contributed by atoms with Gasteiger partial charge < -0.3 is 15.8 Å². The van der Waals surface area contributed by atoms with Crippen LogP contribution in [0.2, 0.25) is 5.02 Å². The highest BCUT2D eigenvalue weighted by Crippen LogP contribution is 2.23. The molecule has 0 aliphatic rings. The number of hydrogen-bond acceptors (Lipinski definition) is 4. The first-order valence-electron chi connectivity index (χ1n) is 7.21. The summed E-state index contributed by atoms with van der Waals surface area (Å²) in [5.41, 5.74) is 6.29. The number of pyridine rings is 1. The van der Waals surface area contributed by atoms with E-state index in [1.54, 1.807) is 36.4 Å². The monoisotopic (exact) mass is 333 g/mol. The van der Waals surface area contributed by atoms with Crippen molar-refractivity contribution in [2.45, 2.75) is 26.8 Å². The molecule has 2 aromatic rings. The zero-order valence-corrected chi connectivity index (χ0v) is 14.1. The van der Waals surface area contributed by atoms with Crippen molar-refractivity contribution in [1.29, 1.82) is 0 Å². The largest absolute Gasteiger partial charge is 0.439 e. The Hall–Kier alpha value is -2.11. The number of nitrogens with zero attached hydrogens (tertiary/aromatic N) is 1. The molecule has 0 saturated carbocycles. The number of nitrogens with two attached hydrogens (primary N) is 1. The summed E-state index contributed by atoms with van der Waals surface area (Å²) in [7, 11) is 0. The van der Waals surface area contributed by atoms with Crippen LogP contribution in [0.3, 0.4) is 0 Å². The molecule has 3 N–H and O–H groups in total. The van der Waals surface area contributed by atoms with Gasteiger partial charge in [-0.05, 0) is 35.7 Å². The molecule has 6 heteroatoms. The summed E-state index contributed by atoms with van der Waals surface area (Å²) < 4.78 is 5.59. The fourth-order valence-corrected chi connectivity index (χ4v) is 1.87. The molecule has 0 fully saturated rings. The molecule has 23 heavy (non-hydrogen) atoms. The second-order valence-corrected chi connectivity index (χ2v) is 6.71. The predicted molar refractivity (Wildman–Crippen MR) is 91.8 cm³/mol. The Balaban J connectivity index is 1.99. The number of hydrogen-bond donors (Lipinski definition) is 2.